The number of hydrogen-bond acceptors (Lipinski definition) is 3. The molecule has 6 heteroatoms. The maximum atomic E-state index is 13.6. The van der Waals surface area contributed by atoms with Crippen LogP contribution in [0.15, 0.2) is 54.6 Å². The summed E-state index contributed by atoms with van der Waals surface area (Å²) >= 11 is 0. The van der Waals surface area contributed by atoms with E-state index in [1.165, 1.54) is 11.1 Å². The van der Waals surface area contributed by atoms with Gasteiger partial charge in [-0.15, -0.1) is 0 Å². The highest BCUT2D eigenvalue weighted by atomic mass is 16.2. The second-order valence-corrected chi connectivity index (χ2v) is 9.34. The predicted molar refractivity (Wildman–Crippen MR) is 139 cm³/mol. The Morgan fingerprint density at radius 2 is 1.60 bits per heavy atom. The quantitative estimate of drug-likeness (QED) is 0.418. The molecule has 4 rings (SSSR count). The number of hydrogen-bond donors (Lipinski definition) is 0. The van der Waals surface area contributed by atoms with Gasteiger partial charge in [0.2, 0.25) is 0 Å². The number of benzene rings is 2. The molecule has 0 saturated carbocycles. The summed E-state index contributed by atoms with van der Waals surface area (Å²) < 4.78 is 1.75. The van der Waals surface area contributed by atoms with Gasteiger partial charge in [0.05, 0.1) is 11.3 Å². The lowest BCUT2D eigenvalue weighted by atomic mass is 9.99. The summed E-state index contributed by atoms with van der Waals surface area (Å²) in [6, 6.07) is 17.7. The number of carbonyl (C=O) groups excluding carboxylic acids is 2. The van der Waals surface area contributed by atoms with Crippen molar-refractivity contribution in [3.05, 3.63) is 82.7 Å². The van der Waals surface area contributed by atoms with Gasteiger partial charge in [-0.2, -0.15) is 5.10 Å². The fraction of sp³-hybridized carbons (Fsp3) is 0.414. The third-order valence-corrected chi connectivity index (χ3v) is 6.74. The second kappa shape index (κ2) is 11.3. The Morgan fingerprint density at radius 3 is 2.31 bits per heavy atom. The van der Waals surface area contributed by atoms with Crippen molar-refractivity contribution in [2.45, 2.75) is 59.4 Å². The normalized spacial score (nSPS) is 12.9. The van der Waals surface area contributed by atoms with E-state index in [-0.39, 0.29) is 11.8 Å². The molecule has 0 spiro atoms. The van der Waals surface area contributed by atoms with E-state index in [9.17, 15) is 9.59 Å². The summed E-state index contributed by atoms with van der Waals surface area (Å²) in [4.78, 5) is 30.7. The standard InChI is InChI=1S/C29H36N4O2/c1-4-6-17-31(18-7-5-2)29(35)26-20-22(3)33(30-26)27-15-11-10-14-25(27)28(34)32-19-16-23-12-8-9-13-24(23)21-32/h8-15,20H,4-7,16-19,21H2,1-3H3. The van der Waals surface area contributed by atoms with Gasteiger partial charge in [-0.1, -0.05) is 63.1 Å². The van der Waals surface area contributed by atoms with Crippen molar-refractivity contribution in [3.8, 4) is 5.69 Å². The average molecular weight is 473 g/mol. The molecule has 0 bridgehead atoms. The molecule has 3 aromatic rings. The number of amides is 2. The van der Waals surface area contributed by atoms with Crippen molar-refractivity contribution in [3.63, 3.8) is 0 Å². The molecule has 0 N–H and O–H groups in total. The van der Waals surface area contributed by atoms with Crippen molar-refractivity contribution >= 4 is 11.8 Å². The van der Waals surface area contributed by atoms with Crippen molar-refractivity contribution in [1.29, 1.82) is 0 Å². The molecule has 1 aliphatic heterocycles. The third kappa shape index (κ3) is 5.47. The first-order chi connectivity index (χ1) is 17.0. The van der Waals surface area contributed by atoms with Crippen molar-refractivity contribution in [1.82, 2.24) is 19.6 Å². The number of fused-ring (bicyclic) bond motifs is 1. The molecule has 0 aliphatic carbocycles. The number of aromatic nitrogens is 2. The molecule has 1 aromatic heterocycles. The molecule has 0 fully saturated rings. The van der Waals surface area contributed by atoms with Crippen LogP contribution in [0, 0.1) is 6.92 Å². The highest BCUT2D eigenvalue weighted by Crippen LogP contribution is 2.24. The van der Waals surface area contributed by atoms with E-state index in [4.69, 9.17) is 5.10 Å². The van der Waals surface area contributed by atoms with Gasteiger partial charge in [-0.3, -0.25) is 9.59 Å². The maximum absolute atomic E-state index is 13.6. The molecule has 2 aromatic carbocycles. The number of para-hydroxylation sites is 1. The first-order valence-electron chi connectivity index (χ1n) is 12.8. The lowest BCUT2D eigenvalue weighted by Crippen LogP contribution is -2.36. The van der Waals surface area contributed by atoms with Crippen LogP contribution in [0.4, 0.5) is 0 Å². The molecular weight excluding hydrogens is 436 g/mol. The second-order valence-electron chi connectivity index (χ2n) is 9.34. The molecule has 0 unspecified atom stereocenters. The van der Waals surface area contributed by atoms with Gasteiger partial charge in [0, 0.05) is 31.9 Å². The molecular formula is C29H36N4O2. The number of nitrogens with zero attached hydrogens (tertiary/aromatic N) is 4. The van der Waals surface area contributed by atoms with Crippen LogP contribution in [0.1, 0.15) is 77.2 Å². The number of aryl methyl sites for hydroxylation is 1. The lowest BCUT2D eigenvalue weighted by molar-refractivity contribution is 0.0732. The molecule has 6 nitrogen and oxygen atoms in total. The van der Waals surface area contributed by atoms with Gasteiger partial charge >= 0.3 is 0 Å². The summed E-state index contributed by atoms with van der Waals surface area (Å²) in [5, 5.41) is 4.70. The zero-order chi connectivity index (χ0) is 24.8. The zero-order valence-electron chi connectivity index (χ0n) is 21.2. The van der Waals surface area contributed by atoms with Crippen LogP contribution in [0.2, 0.25) is 0 Å². The highest BCUT2D eigenvalue weighted by molar-refractivity contribution is 5.98. The molecule has 0 radical (unpaired) electrons. The van der Waals surface area contributed by atoms with Crippen molar-refractivity contribution in [2.24, 2.45) is 0 Å². The molecule has 184 valence electrons. The Bertz CT molecular complexity index is 1170. The first kappa shape index (κ1) is 24.7. The van der Waals surface area contributed by atoms with Gasteiger partial charge in [-0.05, 0) is 55.5 Å². The summed E-state index contributed by atoms with van der Waals surface area (Å²) in [7, 11) is 0. The lowest BCUT2D eigenvalue weighted by Gasteiger charge is -2.29. The van der Waals surface area contributed by atoms with Gasteiger partial charge in [-0.25, -0.2) is 4.68 Å². The molecule has 2 heterocycles. The number of carbonyl (C=O) groups is 2. The van der Waals surface area contributed by atoms with Gasteiger partial charge in [0.15, 0.2) is 5.69 Å². The predicted octanol–water partition coefficient (Wildman–Crippen LogP) is 5.42. The Hall–Kier alpha value is -3.41. The van der Waals surface area contributed by atoms with Gasteiger partial charge < -0.3 is 9.80 Å². The fourth-order valence-corrected chi connectivity index (χ4v) is 4.68. The first-order valence-corrected chi connectivity index (χ1v) is 12.8. The Labute approximate surface area is 208 Å². The van der Waals surface area contributed by atoms with Crippen LogP contribution in [-0.4, -0.2) is 51.0 Å². The molecule has 0 saturated heterocycles. The SMILES string of the molecule is CCCCN(CCCC)C(=O)c1cc(C)n(-c2ccccc2C(=O)N2CCc3ccccc3C2)n1. The minimum atomic E-state index is -0.0369. The Balaban J connectivity index is 1.60. The van der Waals surface area contributed by atoms with E-state index in [0.29, 0.717) is 30.0 Å². The Morgan fingerprint density at radius 1 is 0.943 bits per heavy atom. The Kier molecular flexibility index (Phi) is 8.01. The topological polar surface area (TPSA) is 58.4 Å². The summed E-state index contributed by atoms with van der Waals surface area (Å²) in [6.07, 6.45) is 4.89. The summed E-state index contributed by atoms with van der Waals surface area (Å²) in [6.45, 7) is 8.99. The van der Waals surface area contributed by atoms with E-state index in [2.05, 4.69) is 32.0 Å². The van der Waals surface area contributed by atoms with Crippen LogP contribution in [0.5, 0.6) is 0 Å². The highest BCUT2D eigenvalue weighted by Gasteiger charge is 2.25. The van der Waals surface area contributed by atoms with Crippen LogP contribution >= 0.6 is 0 Å². The molecule has 35 heavy (non-hydrogen) atoms. The summed E-state index contributed by atoms with van der Waals surface area (Å²) in [5.74, 6) is -0.0457. The van der Waals surface area contributed by atoms with E-state index in [0.717, 1.165) is 50.9 Å². The van der Waals surface area contributed by atoms with Crippen LogP contribution in [-0.2, 0) is 13.0 Å². The maximum Gasteiger partial charge on any atom is 0.274 e. The largest absolute Gasteiger partial charge is 0.337 e. The van der Waals surface area contributed by atoms with Crippen LogP contribution in [0.25, 0.3) is 5.69 Å². The van der Waals surface area contributed by atoms with E-state index < -0.39 is 0 Å². The third-order valence-electron chi connectivity index (χ3n) is 6.74. The van der Waals surface area contributed by atoms with Crippen LogP contribution < -0.4 is 0 Å². The molecule has 0 atom stereocenters. The summed E-state index contributed by atoms with van der Waals surface area (Å²) in [5.41, 5.74) is 5.10. The average Bonchev–Trinajstić information content (AvgIpc) is 3.29. The van der Waals surface area contributed by atoms with Crippen molar-refractivity contribution in [2.75, 3.05) is 19.6 Å². The molecule has 1 aliphatic rings. The smallest absolute Gasteiger partial charge is 0.274 e. The number of rotatable bonds is 9. The zero-order valence-corrected chi connectivity index (χ0v) is 21.2. The number of unbranched alkanes of at least 4 members (excludes halogenated alkanes) is 2. The minimum Gasteiger partial charge on any atom is -0.337 e. The van der Waals surface area contributed by atoms with Crippen LogP contribution in [0.3, 0.4) is 0 Å². The van der Waals surface area contributed by atoms with E-state index >= 15 is 0 Å². The fourth-order valence-electron chi connectivity index (χ4n) is 4.68. The molecule has 2 amide bonds. The monoisotopic (exact) mass is 472 g/mol. The minimum absolute atomic E-state index is 0.00889. The van der Waals surface area contributed by atoms with Crippen molar-refractivity contribution < 1.29 is 9.59 Å². The van der Waals surface area contributed by atoms with Gasteiger partial charge in [0.25, 0.3) is 11.8 Å². The van der Waals surface area contributed by atoms with E-state index in [1.807, 2.05) is 53.1 Å². The van der Waals surface area contributed by atoms with E-state index in [1.54, 1.807) is 4.68 Å². The van der Waals surface area contributed by atoms with Gasteiger partial charge in [0.1, 0.15) is 0 Å².